The molecule has 0 radical (unpaired) electrons. The van der Waals surface area contributed by atoms with Crippen molar-refractivity contribution in [1.82, 2.24) is 39.3 Å². The van der Waals surface area contributed by atoms with Crippen LogP contribution in [0.1, 0.15) is 49.8 Å². The van der Waals surface area contributed by atoms with E-state index < -0.39 is 11.9 Å². The maximum absolute atomic E-state index is 13.1. The Labute approximate surface area is 270 Å². The molecule has 13 nitrogen and oxygen atoms in total. The minimum Gasteiger partial charge on any atom is -0.507 e. The summed E-state index contributed by atoms with van der Waals surface area (Å²) in [6, 6.07) is 14.4. The second-order valence-electron chi connectivity index (χ2n) is 12.4. The first-order valence-electron chi connectivity index (χ1n) is 16.0. The second-order valence-corrected chi connectivity index (χ2v) is 12.4. The summed E-state index contributed by atoms with van der Waals surface area (Å²) >= 11 is 0. The third-order valence-electron chi connectivity index (χ3n) is 9.46. The minimum atomic E-state index is -0.681. The number of amides is 2. The molecule has 2 fully saturated rings. The van der Waals surface area contributed by atoms with Crippen LogP contribution >= 0.6 is 0 Å². The van der Waals surface area contributed by atoms with Crippen LogP contribution in [0.2, 0.25) is 0 Å². The molecule has 0 bridgehead atoms. The van der Waals surface area contributed by atoms with Gasteiger partial charge in [-0.3, -0.25) is 28.7 Å². The van der Waals surface area contributed by atoms with Gasteiger partial charge in [0.1, 0.15) is 11.8 Å². The van der Waals surface area contributed by atoms with Gasteiger partial charge in [0.25, 0.3) is 0 Å². The number of para-hydroxylation sites is 1. The largest absolute Gasteiger partial charge is 0.507 e. The van der Waals surface area contributed by atoms with E-state index in [-0.39, 0.29) is 29.8 Å². The number of hydrogen-bond donors (Lipinski definition) is 3. The Balaban J connectivity index is 0.950. The third kappa shape index (κ3) is 5.89. The number of imide groups is 1. The quantitative estimate of drug-likeness (QED) is 0.217. The number of carbonyl (C=O) groups is 2. The highest BCUT2D eigenvalue weighted by atomic mass is 16.3. The molecule has 0 saturated carbocycles. The SMILES string of the molecule is Cn1c(=O)n(C2CCC(=O)NC2=O)c2ccc(CCCN3CCC(n4cc(-c5cc(-c6ccccc6O)nnc5N)cn4)CC3)cc21. The summed E-state index contributed by atoms with van der Waals surface area (Å²) in [4.78, 5) is 39.7. The van der Waals surface area contributed by atoms with E-state index in [9.17, 15) is 19.5 Å². The molecule has 1 atom stereocenters. The number of benzene rings is 2. The number of nitrogen functional groups attached to an aromatic ring is 1. The van der Waals surface area contributed by atoms with Gasteiger partial charge >= 0.3 is 5.69 Å². The Morgan fingerprint density at radius 2 is 1.79 bits per heavy atom. The van der Waals surface area contributed by atoms with Crippen molar-refractivity contribution in [3.05, 3.63) is 77.0 Å². The predicted octanol–water partition coefficient (Wildman–Crippen LogP) is 3.20. The Kier molecular flexibility index (Phi) is 8.06. The third-order valence-corrected chi connectivity index (χ3v) is 9.46. The number of fused-ring (bicyclic) bond motifs is 1. The van der Waals surface area contributed by atoms with E-state index in [1.165, 1.54) is 4.57 Å². The molecule has 0 aliphatic carbocycles. The molecule has 5 aromatic rings. The fourth-order valence-electron chi connectivity index (χ4n) is 6.84. The van der Waals surface area contributed by atoms with Crippen molar-refractivity contribution in [2.75, 3.05) is 25.4 Å². The number of likely N-dealkylation sites (tertiary alicyclic amines) is 1. The van der Waals surface area contributed by atoms with Crippen molar-refractivity contribution in [2.45, 2.75) is 50.6 Å². The molecule has 5 heterocycles. The van der Waals surface area contributed by atoms with Crippen molar-refractivity contribution in [2.24, 2.45) is 7.05 Å². The van der Waals surface area contributed by atoms with E-state index in [1.807, 2.05) is 41.2 Å². The Morgan fingerprint density at radius 1 is 0.979 bits per heavy atom. The van der Waals surface area contributed by atoms with E-state index in [0.29, 0.717) is 29.0 Å². The fraction of sp³-hybridized carbons (Fsp3) is 0.353. The number of anilines is 1. The first-order valence-corrected chi connectivity index (χ1v) is 16.0. The summed E-state index contributed by atoms with van der Waals surface area (Å²) in [5.74, 6) is -0.278. The van der Waals surface area contributed by atoms with Crippen molar-refractivity contribution in [3.8, 4) is 28.1 Å². The van der Waals surface area contributed by atoms with Gasteiger partial charge < -0.3 is 15.7 Å². The molecule has 0 spiro atoms. The summed E-state index contributed by atoms with van der Waals surface area (Å²) in [7, 11) is 1.72. The van der Waals surface area contributed by atoms with Crippen LogP contribution in [-0.2, 0) is 23.1 Å². The number of phenolic OH excluding ortho intramolecular Hbond substituents is 1. The van der Waals surface area contributed by atoms with Gasteiger partial charge in [-0.1, -0.05) is 18.2 Å². The van der Waals surface area contributed by atoms with Gasteiger partial charge in [0.15, 0.2) is 5.82 Å². The molecule has 2 aliphatic rings. The number of carbonyl (C=O) groups excluding carboxylic acids is 2. The normalized spacial score (nSPS) is 17.8. The summed E-state index contributed by atoms with van der Waals surface area (Å²) < 4.78 is 5.12. The number of nitrogens with zero attached hydrogens (tertiary/aromatic N) is 7. The number of aryl methyl sites for hydroxylation is 2. The lowest BCUT2D eigenvalue weighted by molar-refractivity contribution is -0.135. The van der Waals surface area contributed by atoms with Crippen molar-refractivity contribution >= 4 is 28.7 Å². The van der Waals surface area contributed by atoms with Gasteiger partial charge in [-0.25, -0.2) is 4.79 Å². The first-order chi connectivity index (χ1) is 22.8. The zero-order valence-electron chi connectivity index (χ0n) is 26.2. The lowest BCUT2D eigenvalue weighted by atomic mass is 10.0. The highest BCUT2D eigenvalue weighted by Crippen LogP contribution is 2.33. The van der Waals surface area contributed by atoms with E-state index in [2.05, 4.69) is 25.5 Å². The Hall–Kier alpha value is -5.30. The molecule has 2 saturated heterocycles. The number of hydrogen-bond acceptors (Lipinski definition) is 9. The Bertz CT molecular complexity index is 2040. The van der Waals surface area contributed by atoms with E-state index >= 15 is 0 Å². The number of nitrogens with one attached hydrogen (secondary N) is 1. The van der Waals surface area contributed by atoms with Gasteiger partial charge in [0.2, 0.25) is 11.8 Å². The summed E-state index contributed by atoms with van der Waals surface area (Å²) in [6.45, 7) is 2.91. The number of phenols is 1. The number of nitrogens with two attached hydrogens (primary N) is 1. The predicted molar refractivity (Wildman–Crippen MR) is 176 cm³/mol. The topological polar surface area (TPSA) is 166 Å². The van der Waals surface area contributed by atoms with Crippen molar-refractivity contribution in [1.29, 1.82) is 0 Å². The molecule has 2 amide bonds. The van der Waals surface area contributed by atoms with Crippen LogP contribution in [0.25, 0.3) is 33.4 Å². The van der Waals surface area contributed by atoms with Gasteiger partial charge in [-0.15, -0.1) is 10.2 Å². The van der Waals surface area contributed by atoms with Gasteiger partial charge in [-0.2, -0.15) is 5.10 Å². The highest BCUT2D eigenvalue weighted by Gasteiger charge is 2.31. The van der Waals surface area contributed by atoms with Crippen molar-refractivity contribution < 1.29 is 14.7 Å². The molecule has 13 heteroatoms. The van der Waals surface area contributed by atoms with Crippen LogP contribution in [0, 0.1) is 0 Å². The number of imidazole rings is 1. The average molecular weight is 636 g/mol. The molecular weight excluding hydrogens is 598 g/mol. The Morgan fingerprint density at radius 3 is 2.57 bits per heavy atom. The van der Waals surface area contributed by atoms with Crippen LogP contribution in [0.5, 0.6) is 5.75 Å². The molecule has 2 aliphatic heterocycles. The van der Waals surface area contributed by atoms with Gasteiger partial charge in [-0.05, 0) is 74.5 Å². The van der Waals surface area contributed by atoms with Crippen LogP contribution < -0.4 is 16.7 Å². The van der Waals surface area contributed by atoms with E-state index in [4.69, 9.17) is 5.73 Å². The molecule has 3 aromatic heterocycles. The molecular formula is C34H37N9O4. The van der Waals surface area contributed by atoms with E-state index in [1.54, 1.807) is 36.0 Å². The smallest absolute Gasteiger partial charge is 0.329 e. The van der Waals surface area contributed by atoms with Gasteiger partial charge in [0.05, 0.1) is 29.0 Å². The molecule has 1 unspecified atom stereocenters. The van der Waals surface area contributed by atoms with Crippen LogP contribution in [0.3, 0.4) is 0 Å². The van der Waals surface area contributed by atoms with Crippen LogP contribution in [0.15, 0.2) is 65.7 Å². The maximum Gasteiger partial charge on any atom is 0.329 e. The maximum atomic E-state index is 13.1. The first kappa shape index (κ1) is 30.4. The fourth-order valence-corrected chi connectivity index (χ4v) is 6.84. The molecule has 4 N–H and O–H groups in total. The van der Waals surface area contributed by atoms with Crippen molar-refractivity contribution in [3.63, 3.8) is 0 Å². The summed E-state index contributed by atoms with van der Waals surface area (Å²) in [5, 5.41) is 25.6. The lowest BCUT2D eigenvalue weighted by Gasteiger charge is -2.32. The number of aromatic nitrogens is 6. The minimum absolute atomic E-state index is 0.134. The number of rotatable bonds is 8. The summed E-state index contributed by atoms with van der Waals surface area (Å²) in [6.07, 6.45) is 8.19. The summed E-state index contributed by atoms with van der Waals surface area (Å²) in [5.41, 5.74) is 11.3. The second kappa shape index (κ2) is 12.5. The van der Waals surface area contributed by atoms with Crippen LogP contribution in [0.4, 0.5) is 5.82 Å². The number of piperidine rings is 2. The molecule has 242 valence electrons. The monoisotopic (exact) mass is 635 g/mol. The van der Waals surface area contributed by atoms with Crippen LogP contribution in [-0.4, -0.2) is 70.6 Å². The van der Waals surface area contributed by atoms with Gasteiger partial charge in [0, 0.05) is 49.4 Å². The zero-order chi connectivity index (χ0) is 32.7. The highest BCUT2D eigenvalue weighted by molar-refractivity contribution is 6.00. The van der Waals surface area contributed by atoms with E-state index in [0.717, 1.165) is 67.5 Å². The zero-order valence-corrected chi connectivity index (χ0v) is 26.2. The standard InChI is InChI=1S/C34H37N9O4/c1-40-29-17-21(8-9-27(29)43(34(40)47)28-10-11-31(45)37-33(28)46)5-4-14-41-15-12-23(13-16-41)42-20-22(19-36-42)25-18-26(38-39-32(25)35)24-6-2-3-7-30(24)44/h2-3,6-9,17-20,23,28,44H,4-5,10-16H2,1H3,(H2,35,39)(H,37,45,46). The lowest BCUT2D eigenvalue weighted by Crippen LogP contribution is -2.44. The molecule has 47 heavy (non-hydrogen) atoms. The molecule has 2 aromatic carbocycles. The number of aromatic hydroxyl groups is 1. The average Bonchev–Trinajstić information content (AvgIpc) is 3.65. The molecule has 7 rings (SSSR count).